The molecule has 0 unspecified atom stereocenters. The van der Waals surface area contributed by atoms with E-state index in [0.717, 1.165) is 7.11 Å². The maximum atomic E-state index is 13.8. The van der Waals surface area contributed by atoms with Gasteiger partial charge in [-0.1, -0.05) is 0 Å². The molecule has 0 atom stereocenters. The number of alkyl halides is 3. The molecular weight excluding hydrogens is 325 g/mol. The molecule has 0 aliphatic rings. The molecule has 0 saturated carbocycles. The van der Waals surface area contributed by atoms with Crippen molar-refractivity contribution in [3.63, 3.8) is 0 Å². The number of hydrogen-bond donors (Lipinski definition) is 1. The van der Waals surface area contributed by atoms with Gasteiger partial charge in [0, 0.05) is 0 Å². The third kappa shape index (κ3) is 3.67. The van der Waals surface area contributed by atoms with E-state index in [1.54, 1.807) is 0 Å². The third-order valence-corrected chi connectivity index (χ3v) is 3.65. The molecule has 0 bridgehead atoms. The van der Waals surface area contributed by atoms with Crippen molar-refractivity contribution < 1.29 is 39.9 Å². The van der Waals surface area contributed by atoms with Crippen LogP contribution in [0.5, 0.6) is 0 Å². The Bertz CT molecular complexity index is 662. The molecule has 0 aliphatic carbocycles. The van der Waals surface area contributed by atoms with Crippen LogP contribution in [-0.2, 0) is 14.8 Å². The van der Waals surface area contributed by atoms with Gasteiger partial charge < -0.3 is 4.74 Å². The first kappa shape index (κ1) is 17.3. The van der Waals surface area contributed by atoms with Gasteiger partial charge in [-0.25, -0.2) is 26.4 Å². The Morgan fingerprint density at radius 1 is 1.33 bits per heavy atom. The second-order valence-electron chi connectivity index (χ2n) is 3.67. The van der Waals surface area contributed by atoms with E-state index in [9.17, 15) is 35.2 Å². The maximum absolute atomic E-state index is 13.8. The Morgan fingerprint density at radius 3 is 2.38 bits per heavy atom. The molecule has 1 N–H and O–H groups in total. The lowest BCUT2D eigenvalue weighted by molar-refractivity contribution is -0.0330. The normalized spacial score (nSPS) is 12.3. The topological polar surface area (TPSA) is 72.5 Å². The number of methoxy groups -OCH3 is 1. The van der Waals surface area contributed by atoms with Gasteiger partial charge in [-0.05, 0) is 12.1 Å². The van der Waals surface area contributed by atoms with Crippen molar-refractivity contribution in [1.29, 1.82) is 0 Å². The van der Waals surface area contributed by atoms with E-state index in [1.807, 2.05) is 0 Å². The number of halogens is 5. The first-order chi connectivity index (χ1) is 9.55. The highest BCUT2D eigenvalue weighted by Gasteiger charge is 2.37. The SMILES string of the molecule is COC(=O)c1c(F)ccc(S(=O)(=O)NC(F)(F)CF)c1F. The summed E-state index contributed by atoms with van der Waals surface area (Å²) in [6.45, 7) is -2.38. The van der Waals surface area contributed by atoms with E-state index in [2.05, 4.69) is 4.74 Å². The average Bonchev–Trinajstić information content (AvgIpc) is 2.36. The van der Waals surface area contributed by atoms with E-state index in [4.69, 9.17) is 0 Å². The van der Waals surface area contributed by atoms with Crippen LogP contribution in [0.3, 0.4) is 0 Å². The summed E-state index contributed by atoms with van der Waals surface area (Å²) < 4.78 is 92.2. The second kappa shape index (κ2) is 5.93. The number of sulfonamides is 1. The number of hydrogen-bond acceptors (Lipinski definition) is 4. The van der Waals surface area contributed by atoms with Crippen LogP contribution in [0, 0.1) is 11.6 Å². The highest BCUT2D eigenvalue weighted by atomic mass is 32.2. The minimum Gasteiger partial charge on any atom is -0.465 e. The zero-order valence-electron chi connectivity index (χ0n) is 10.3. The Balaban J connectivity index is 3.42. The van der Waals surface area contributed by atoms with Crippen molar-refractivity contribution >= 4 is 16.0 Å². The van der Waals surface area contributed by atoms with Crippen LogP contribution in [0.15, 0.2) is 17.0 Å². The molecule has 5 nitrogen and oxygen atoms in total. The van der Waals surface area contributed by atoms with E-state index in [0.29, 0.717) is 16.9 Å². The fraction of sp³-hybridized carbons (Fsp3) is 0.300. The first-order valence-corrected chi connectivity index (χ1v) is 6.58. The van der Waals surface area contributed by atoms with Crippen molar-refractivity contribution in [3.05, 3.63) is 29.3 Å². The first-order valence-electron chi connectivity index (χ1n) is 5.10. The third-order valence-electron chi connectivity index (χ3n) is 2.19. The molecule has 1 aromatic carbocycles. The number of ether oxygens (including phenoxy) is 1. The van der Waals surface area contributed by atoms with Gasteiger partial charge in [0.1, 0.15) is 16.3 Å². The largest absolute Gasteiger partial charge is 0.465 e. The monoisotopic (exact) mass is 333 g/mol. The van der Waals surface area contributed by atoms with E-state index in [-0.39, 0.29) is 0 Å². The molecule has 0 fully saturated rings. The summed E-state index contributed by atoms with van der Waals surface area (Å²) in [7, 11) is -4.46. The van der Waals surface area contributed by atoms with Crippen LogP contribution >= 0.6 is 0 Å². The van der Waals surface area contributed by atoms with E-state index >= 15 is 0 Å². The van der Waals surface area contributed by atoms with Crippen LogP contribution < -0.4 is 4.72 Å². The van der Waals surface area contributed by atoms with Gasteiger partial charge in [-0.2, -0.15) is 8.78 Å². The van der Waals surface area contributed by atoms with Gasteiger partial charge in [0.25, 0.3) is 0 Å². The minimum atomic E-state index is -5.23. The summed E-state index contributed by atoms with van der Waals surface area (Å²) in [4.78, 5) is 9.70. The lowest BCUT2D eigenvalue weighted by Gasteiger charge is -2.15. The van der Waals surface area contributed by atoms with Crippen LogP contribution in [0.4, 0.5) is 22.0 Å². The second-order valence-corrected chi connectivity index (χ2v) is 5.32. The summed E-state index contributed by atoms with van der Waals surface area (Å²) in [6, 6.07) is -3.80. The van der Waals surface area contributed by atoms with Crippen LogP contribution in [0.25, 0.3) is 0 Å². The molecule has 0 heterocycles. The molecule has 0 aromatic heterocycles. The number of carbonyl (C=O) groups is 1. The lowest BCUT2D eigenvalue weighted by Crippen LogP contribution is -2.43. The fourth-order valence-electron chi connectivity index (χ4n) is 1.31. The minimum absolute atomic E-state index is 0.313. The molecular formula is C10H8F5NO4S. The maximum Gasteiger partial charge on any atom is 0.343 e. The fourth-order valence-corrected chi connectivity index (χ4v) is 2.45. The molecule has 0 amide bonds. The summed E-state index contributed by atoms with van der Waals surface area (Å²) in [5.74, 6) is -4.92. The van der Waals surface area contributed by atoms with Crippen molar-refractivity contribution in [3.8, 4) is 0 Å². The number of carbonyl (C=O) groups excluding carboxylic acids is 1. The van der Waals surface area contributed by atoms with Crippen LogP contribution in [0.1, 0.15) is 10.4 Å². The van der Waals surface area contributed by atoms with Gasteiger partial charge in [-0.3, -0.25) is 0 Å². The van der Waals surface area contributed by atoms with Crippen molar-refractivity contribution in [2.24, 2.45) is 0 Å². The van der Waals surface area contributed by atoms with Gasteiger partial charge in [0.05, 0.1) is 7.11 Å². The van der Waals surface area contributed by atoms with Crippen molar-refractivity contribution in [1.82, 2.24) is 4.72 Å². The van der Waals surface area contributed by atoms with E-state index in [1.165, 1.54) is 0 Å². The molecule has 0 spiro atoms. The molecule has 21 heavy (non-hydrogen) atoms. The number of rotatable bonds is 5. The smallest absolute Gasteiger partial charge is 0.343 e. The number of benzene rings is 1. The summed E-state index contributed by atoms with van der Waals surface area (Å²) in [6.07, 6.45) is 0. The van der Waals surface area contributed by atoms with Crippen molar-refractivity contribution in [2.75, 3.05) is 13.8 Å². The average molecular weight is 333 g/mol. The zero-order chi connectivity index (χ0) is 16.4. The summed E-state index contributed by atoms with van der Waals surface area (Å²) >= 11 is 0. The molecule has 118 valence electrons. The zero-order valence-corrected chi connectivity index (χ0v) is 11.1. The Hall–Kier alpha value is -1.75. The number of esters is 1. The van der Waals surface area contributed by atoms with Gasteiger partial charge in [0.15, 0.2) is 12.5 Å². The molecule has 0 saturated heterocycles. The van der Waals surface area contributed by atoms with Crippen molar-refractivity contribution in [2.45, 2.75) is 10.9 Å². The molecule has 1 rings (SSSR count). The van der Waals surface area contributed by atoms with Gasteiger partial charge in [-0.15, -0.1) is 4.72 Å². The van der Waals surface area contributed by atoms with Crippen LogP contribution in [0.2, 0.25) is 0 Å². The molecule has 11 heteroatoms. The Labute approximate surface area is 115 Å². The van der Waals surface area contributed by atoms with Gasteiger partial charge in [0.2, 0.25) is 10.0 Å². The highest BCUT2D eigenvalue weighted by Crippen LogP contribution is 2.24. The molecule has 0 radical (unpaired) electrons. The predicted octanol–water partition coefficient (Wildman–Crippen LogP) is 1.59. The summed E-state index contributed by atoms with van der Waals surface area (Å²) in [5, 5.41) is 0. The van der Waals surface area contributed by atoms with Crippen LogP contribution in [-0.4, -0.2) is 34.2 Å². The quantitative estimate of drug-likeness (QED) is 0.505. The standard InChI is InChI=1S/C10H8F5NO4S/c1-20-9(17)7-5(12)2-3-6(8(7)13)21(18,19)16-10(14,15)4-11/h2-3,16H,4H2,1H3. The molecule has 0 aliphatic heterocycles. The number of nitrogens with one attached hydrogen (secondary N) is 1. The van der Waals surface area contributed by atoms with E-state index < -0.39 is 50.8 Å². The molecule has 1 aromatic rings. The Morgan fingerprint density at radius 2 is 1.90 bits per heavy atom. The Kier molecular flexibility index (Phi) is 4.89. The predicted molar refractivity (Wildman–Crippen MR) is 58.9 cm³/mol. The highest BCUT2D eigenvalue weighted by molar-refractivity contribution is 7.89. The van der Waals surface area contributed by atoms with Gasteiger partial charge >= 0.3 is 12.0 Å². The summed E-state index contributed by atoms with van der Waals surface area (Å²) in [5.41, 5.74) is -1.37. The lowest BCUT2D eigenvalue weighted by atomic mass is 10.2.